The fourth-order valence-corrected chi connectivity index (χ4v) is 3.38. The van der Waals surface area contributed by atoms with Crippen LogP contribution in [0.4, 0.5) is 19.0 Å². The van der Waals surface area contributed by atoms with Crippen molar-refractivity contribution < 1.29 is 18.0 Å². The molecule has 7 heteroatoms. The number of carbonyl (C=O) groups excluding carboxylic acids is 1. The molecule has 4 aromatic rings. The molecule has 1 heterocycles. The van der Waals surface area contributed by atoms with Gasteiger partial charge in [-0.15, -0.1) is 0 Å². The molecule has 0 fully saturated rings. The van der Waals surface area contributed by atoms with Crippen LogP contribution in [0.15, 0.2) is 79.0 Å². The Hall–Kier alpha value is -4.00. The van der Waals surface area contributed by atoms with Crippen LogP contribution in [-0.4, -0.2) is 15.9 Å². The van der Waals surface area contributed by atoms with Crippen LogP contribution in [0.5, 0.6) is 0 Å². The van der Waals surface area contributed by atoms with Crippen molar-refractivity contribution in [1.29, 1.82) is 0 Å². The van der Waals surface area contributed by atoms with Crippen molar-refractivity contribution in [3.8, 4) is 11.3 Å². The fraction of sp³-hybridized carbons (Fsp3) is 0.115. The van der Waals surface area contributed by atoms with E-state index in [1.807, 2.05) is 30.3 Å². The van der Waals surface area contributed by atoms with Gasteiger partial charge in [0.1, 0.15) is 5.82 Å². The predicted octanol–water partition coefficient (Wildman–Crippen LogP) is 5.53. The van der Waals surface area contributed by atoms with E-state index in [9.17, 15) is 18.0 Å². The van der Waals surface area contributed by atoms with Crippen molar-refractivity contribution in [2.45, 2.75) is 19.3 Å². The molecule has 0 aliphatic rings. The normalized spacial score (nSPS) is 10.8. The van der Waals surface area contributed by atoms with E-state index in [-0.39, 0.29) is 12.2 Å². The van der Waals surface area contributed by atoms with Gasteiger partial charge >= 0.3 is 0 Å². The van der Waals surface area contributed by atoms with Gasteiger partial charge in [0.25, 0.3) is 0 Å². The van der Waals surface area contributed by atoms with Crippen LogP contribution in [0.25, 0.3) is 11.3 Å². The van der Waals surface area contributed by atoms with Gasteiger partial charge in [-0.1, -0.05) is 36.4 Å². The Morgan fingerprint density at radius 1 is 0.818 bits per heavy atom. The number of nitrogens with zero attached hydrogens (tertiary/aromatic N) is 2. The largest absolute Gasteiger partial charge is 0.309 e. The van der Waals surface area contributed by atoms with E-state index in [0.29, 0.717) is 41.2 Å². The maximum atomic E-state index is 13.5. The van der Waals surface area contributed by atoms with E-state index in [1.54, 1.807) is 12.1 Å². The van der Waals surface area contributed by atoms with Gasteiger partial charge in [0.15, 0.2) is 17.5 Å². The molecular formula is C26H20F3N3O. The molecule has 1 amide bonds. The number of nitrogens with one attached hydrogen (secondary N) is 1. The number of amides is 1. The third-order valence-corrected chi connectivity index (χ3v) is 5.08. The molecule has 3 aromatic carbocycles. The first-order valence-electron chi connectivity index (χ1n) is 10.4. The fourth-order valence-electron chi connectivity index (χ4n) is 3.38. The lowest BCUT2D eigenvalue weighted by molar-refractivity contribution is -0.115. The highest BCUT2D eigenvalue weighted by Crippen LogP contribution is 2.22. The average molecular weight is 447 g/mol. The summed E-state index contributed by atoms with van der Waals surface area (Å²) in [4.78, 5) is 21.6. The minimum Gasteiger partial charge on any atom is -0.309 e. The molecule has 33 heavy (non-hydrogen) atoms. The second-order valence-electron chi connectivity index (χ2n) is 7.52. The van der Waals surface area contributed by atoms with E-state index in [1.165, 1.54) is 24.4 Å². The molecule has 0 spiro atoms. The van der Waals surface area contributed by atoms with Crippen molar-refractivity contribution in [1.82, 2.24) is 9.97 Å². The van der Waals surface area contributed by atoms with Crippen molar-refractivity contribution >= 4 is 11.7 Å². The lowest BCUT2D eigenvalue weighted by atomic mass is 10.1. The lowest BCUT2D eigenvalue weighted by Crippen LogP contribution is -2.18. The molecule has 4 rings (SSSR count). The number of hydrogen-bond donors (Lipinski definition) is 1. The molecule has 0 saturated heterocycles. The Morgan fingerprint density at radius 2 is 1.58 bits per heavy atom. The van der Waals surface area contributed by atoms with Crippen LogP contribution in [0.1, 0.15) is 16.8 Å². The van der Waals surface area contributed by atoms with Crippen LogP contribution < -0.4 is 5.32 Å². The van der Waals surface area contributed by atoms with Crippen LogP contribution in [-0.2, 0) is 24.1 Å². The van der Waals surface area contributed by atoms with E-state index >= 15 is 0 Å². The number of rotatable bonds is 7. The second-order valence-corrected chi connectivity index (χ2v) is 7.52. The summed E-state index contributed by atoms with van der Waals surface area (Å²) < 4.78 is 39.9. The maximum Gasteiger partial charge on any atom is 0.229 e. The zero-order chi connectivity index (χ0) is 23.2. The molecule has 0 aliphatic carbocycles. The van der Waals surface area contributed by atoms with Gasteiger partial charge in [-0.3, -0.25) is 4.79 Å². The summed E-state index contributed by atoms with van der Waals surface area (Å²) in [5, 5.41) is 2.73. The van der Waals surface area contributed by atoms with Crippen molar-refractivity contribution in [2.75, 3.05) is 5.32 Å². The van der Waals surface area contributed by atoms with Gasteiger partial charge < -0.3 is 5.32 Å². The molecule has 0 aliphatic heterocycles. The summed E-state index contributed by atoms with van der Waals surface area (Å²) in [6.45, 7) is 0. The first-order chi connectivity index (χ1) is 16.0. The number of benzene rings is 3. The van der Waals surface area contributed by atoms with Crippen LogP contribution in [0.3, 0.4) is 0 Å². The second kappa shape index (κ2) is 10.1. The number of carbonyl (C=O) groups is 1. The Labute approximate surface area is 189 Å². The van der Waals surface area contributed by atoms with Gasteiger partial charge in [-0.05, 0) is 60.4 Å². The van der Waals surface area contributed by atoms with Crippen molar-refractivity contribution in [3.05, 3.63) is 113 Å². The SMILES string of the molecule is O=C(Cc1ccc(F)c(F)c1)Nc1ncc(-c2ccc(F)cc2)nc1CCc1ccccc1. The summed E-state index contributed by atoms with van der Waals surface area (Å²) in [5.74, 6) is -2.45. The smallest absolute Gasteiger partial charge is 0.229 e. The summed E-state index contributed by atoms with van der Waals surface area (Å²) in [5.41, 5.74) is 3.26. The maximum absolute atomic E-state index is 13.5. The molecular weight excluding hydrogens is 427 g/mol. The number of hydrogen-bond acceptors (Lipinski definition) is 3. The van der Waals surface area contributed by atoms with Gasteiger partial charge in [0, 0.05) is 5.56 Å². The summed E-state index contributed by atoms with van der Waals surface area (Å²) in [7, 11) is 0. The summed E-state index contributed by atoms with van der Waals surface area (Å²) in [6.07, 6.45) is 2.55. The van der Waals surface area contributed by atoms with E-state index in [4.69, 9.17) is 0 Å². The summed E-state index contributed by atoms with van der Waals surface area (Å²) in [6, 6.07) is 19.1. The highest BCUT2D eigenvalue weighted by atomic mass is 19.2. The van der Waals surface area contributed by atoms with Gasteiger partial charge in [0.2, 0.25) is 5.91 Å². The Kier molecular flexibility index (Phi) is 6.78. The van der Waals surface area contributed by atoms with Crippen LogP contribution >= 0.6 is 0 Å². The lowest BCUT2D eigenvalue weighted by Gasteiger charge is -2.12. The molecule has 4 nitrogen and oxygen atoms in total. The zero-order valence-corrected chi connectivity index (χ0v) is 17.6. The Morgan fingerprint density at radius 3 is 2.30 bits per heavy atom. The van der Waals surface area contributed by atoms with E-state index in [2.05, 4.69) is 15.3 Å². The highest BCUT2D eigenvalue weighted by molar-refractivity contribution is 5.92. The molecule has 0 bridgehead atoms. The topological polar surface area (TPSA) is 54.9 Å². The molecule has 0 saturated carbocycles. The molecule has 166 valence electrons. The number of anilines is 1. The van der Waals surface area contributed by atoms with Gasteiger partial charge in [0.05, 0.1) is 24.0 Å². The zero-order valence-electron chi connectivity index (χ0n) is 17.6. The van der Waals surface area contributed by atoms with Gasteiger partial charge in [-0.25, -0.2) is 23.1 Å². The third-order valence-electron chi connectivity index (χ3n) is 5.08. The number of aromatic nitrogens is 2. The first-order valence-corrected chi connectivity index (χ1v) is 10.4. The molecule has 0 unspecified atom stereocenters. The molecule has 1 aromatic heterocycles. The van der Waals surface area contributed by atoms with E-state index < -0.39 is 17.5 Å². The van der Waals surface area contributed by atoms with Crippen molar-refractivity contribution in [2.24, 2.45) is 0 Å². The standard InChI is InChI=1S/C26H20F3N3O/c27-20-10-8-19(9-11-20)24-16-30-26(23(31-24)13-7-17-4-2-1-3-5-17)32-25(33)15-18-6-12-21(28)22(29)14-18/h1-6,8-12,14,16H,7,13,15H2,(H,30,32,33). The monoisotopic (exact) mass is 447 g/mol. The minimum atomic E-state index is -1.01. The number of halogens is 3. The summed E-state index contributed by atoms with van der Waals surface area (Å²) >= 11 is 0. The third kappa shape index (κ3) is 5.83. The predicted molar refractivity (Wildman–Crippen MR) is 120 cm³/mol. The van der Waals surface area contributed by atoms with Crippen LogP contribution in [0.2, 0.25) is 0 Å². The molecule has 0 radical (unpaired) electrons. The minimum absolute atomic E-state index is 0.142. The number of aryl methyl sites for hydroxylation is 2. The highest BCUT2D eigenvalue weighted by Gasteiger charge is 2.14. The Bertz CT molecular complexity index is 1260. The quantitative estimate of drug-likeness (QED) is 0.406. The Balaban J connectivity index is 1.57. The van der Waals surface area contributed by atoms with Gasteiger partial charge in [-0.2, -0.15) is 0 Å². The first kappa shape index (κ1) is 22.2. The van der Waals surface area contributed by atoms with Crippen LogP contribution in [0, 0.1) is 17.5 Å². The molecule has 1 N–H and O–H groups in total. The van der Waals surface area contributed by atoms with E-state index in [0.717, 1.165) is 17.7 Å². The van der Waals surface area contributed by atoms with Crippen molar-refractivity contribution in [3.63, 3.8) is 0 Å². The average Bonchev–Trinajstić information content (AvgIpc) is 2.82. The molecule has 0 atom stereocenters.